The standard InChI is InChI=1S/C13H21N3O/c1-9-4-2-6-11-15-12(13(14)16(9)11)10-5-3-7-17-8-10/h9-10H,2-8,14H2,1H3. The smallest absolute Gasteiger partial charge is 0.127 e. The maximum atomic E-state index is 6.29. The molecule has 0 aromatic carbocycles. The van der Waals surface area contributed by atoms with E-state index in [2.05, 4.69) is 11.5 Å². The van der Waals surface area contributed by atoms with Gasteiger partial charge in [0.2, 0.25) is 0 Å². The fraction of sp³-hybridized carbons (Fsp3) is 0.769. The molecule has 17 heavy (non-hydrogen) atoms. The number of ether oxygens (including phenoxy) is 1. The molecule has 0 amide bonds. The van der Waals surface area contributed by atoms with Crippen LogP contribution in [0.2, 0.25) is 0 Å². The largest absolute Gasteiger partial charge is 0.384 e. The third-order valence-corrected chi connectivity index (χ3v) is 4.06. The molecule has 0 saturated carbocycles. The molecule has 2 aliphatic heterocycles. The molecule has 1 fully saturated rings. The van der Waals surface area contributed by atoms with Crippen molar-refractivity contribution in [1.29, 1.82) is 0 Å². The van der Waals surface area contributed by atoms with E-state index in [-0.39, 0.29) is 0 Å². The van der Waals surface area contributed by atoms with Crippen molar-refractivity contribution >= 4 is 5.82 Å². The topological polar surface area (TPSA) is 53.1 Å². The van der Waals surface area contributed by atoms with Gasteiger partial charge in [-0.15, -0.1) is 0 Å². The van der Waals surface area contributed by atoms with Gasteiger partial charge < -0.3 is 15.0 Å². The van der Waals surface area contributed by atoms with Gasteiger partial charge >= 0.3 is 0 Å². The first-order valence-corrected chi connectivity index (χ1v) is 6.71. The molecule has 94 valence electrons. The van der Waals surface area contributed by atoms with Crippen molar-refractivity contribution < 1.29 is 4.74 Å². The van der Waals surface area contributed by atoms with Gasteiger partial charge in [0, 0.05) is 25.0 Å². The minimum atomic E-state index is 0.411. The summed E-state index contributed by atoms with van der Waals surface area (Å²) in [5, 5.41) is 0. The predicted octanol–water partition coefficient (Wildman–Crippen LogP) is 2.26. The van der Waals surface area contributed by atoms with E-state index >= 15 is 0 Å². The Balaban J connectivity index is 1.95. The molecule has 0 radical (unpaired) electrons. The van der Waals surface area contributed by atoms with E-state index in [0.29, 0.717) is 12.0 Å². The van der Waals surface area contributed by atoms with Crippen molar-refractivity contribution in [2.24, 2.45) is 0 Å². The van der Waals surface area contributed by atoms with E-state index in [1.54, 1.807) is 0 Å². The lowest BCUT2D eigenvalue weighted by atomic mass is 9.98. The quantitative estimate of drug-likeness (QED) is 0.812. The van der Waals surface area contributed by atoms with Gasteiger partial charge in [-0.2, -0.15) is 0 Å². The molecule has 2 unspecified atom stereocenters. The summed E-state index contributed by atoms with van der Waals surface area (Å²) < 4.78 is 7.79. The molecule has 3 rings (SSSR count). The minimum absolute atomic E-state index is 0.411. The number of hydrogen-bond donors (Lipinski definition) is 1. The van der Waals surface area contributed by atoms with Crippen LogP contribution in [0.5, 0.6) is 0 Å². The van der Waals surface area contributed by atoms with Gasteiger partial charge in [-0.05, 0) is 32.6 Å². The summed E-state index contributed by atoms with van der Waals surface area (Å²) >= 11 is 0. The Morgan fingerprint density at radius 3 is 2.94 bits per heavy atom. The molecular formula is C13H21N3O. The van der Waals surface area contributed by atoms with Gasteiger partial charge in [-0.3, -0.25) is 0 Å². The summed E-state index contributed by atoms with van der Waals surface area (Å²) in [6.45, 7) is 3.91. The fourth-order valence-electron chi connectivity index (χ4n) is 3.12. The molecule has 1 aromatic rings. The lowest BCUT2D eigenvalue weighted by molar-refractivity contribution is 0.0796. The Hall–Kier alpha value is -1.03. The summed E-state index contributed by atoms with van der Waals surface area (Å²) in [4.78, 5) is 4.78. The number of rotatable bonds is 1. The summed E-state index contributed by atoms with van der Waals surface area (Å²) in [5.41, 5.74) is 7.38. The number of hydrogen-bond acceptors (Lipinski definition) is 3. The highest BCUT2D eigenvalue weighted by atomic mass is 16.5. The lowest BCUT2D eigenvalue weighted by Gasteiger charge is -2.23. The van der Waals surface area contributed by atoms with Crippen LogP contribution < -0.4 is 5.73 Å². The number of imidazole rings is 1. The van der Waals surface area contributed by atoms with Crippen molar-refractivity contribution in [1.82, 2.24) is 9.55 Å². The maximum absolute atomic E-state index is 6.29. The van der Waals surface area contributed by atoms with Gasteiger partial charge in [0.25, 0.3) is 0 Å². The van der Waals surface area contributed by atoms with Gasteiger partial charge in [0.1, 0.15) is 11.6 Å². The van der Waals surface area contributed by atoms with Gasteiger partial charge in [0.05, 0.1) is 12.3 Å². The number of aryl methyl sites for hydroxylation is 1. The zero-order chi connectivity index (χ0) is 11.8. The monoisotopic (exact) mass is 235 g/mol. The third-order valence-electron chi connectivity index (χ3n) is 4.06. The second kappa shape index (κ2) is 4.33. The van der Waals surface area contributed by atoms with E-state index in [4.69, 9.17) is 15.5 Å². The Morgan fingerprint density at radius 2 is 2.24 bits per heavy atom. The third kappa shape index (κ3) is 1.84. The first-order chi connectivity index (χ1) is 8.27. The van der Waals surface area contributed by atoms with Crippen LogP contribution in [-0.2, 0) is 11.2 Å². The zero-order valence-corrected chi connectivity index (χ0v) is 10.5. The van der Waals surface area contributed by atoms with E-state index in [0.717, 1.165) is 44.0 Å². The fourth-order valence-corrected chi connectivity index (χ4v) is 3.12. The van der Waals surface area contributed by atoms with Crippen LogP contribution in [0, 0.1) is 0 Å². The van der Waals surface area contributed by atoms with E-state index in [9.17, 15) is 0 Å². The number of nitrogen functional groups attached to an aromatic ring is 1. The molecule has 0 bridgehead atoms. The SMILES string of the molecule is CC1CCCc2nc(C3CCCOC3)c(N)n21. The minimum Gasteiger partial charge on any atom is -0.384 e. The summed E-state index contributed by atoms with van der Waals surface area (Å²) in [6, 6.07) is 0.504. The number of anilines is 1. The first kappa shape index (κ1) is 11.1. The highest BCUT2D eigenvalue weighted by Crippen LogP contribution is 2.35. The summed E-state index contributed by atoms with van der Waals surface area (Å²) in [6.07, 6.45) is 5.81. The molecule has 4 nitrogen and oxygen atoms in total. The lowest BCUT2D eigenvalue weighted by Crippen LogP contribution is -2.18. The summed E-state index contributed by atoms with van der Waals surface area (Å²) in [7, 11) is 0. The van der Waals surface area contributed by atoms with E-state index in [1.165, 1.54) is 18.7 Å². The average molecular weight is 235 g/mol. The highest BCUT2D eigenvalue weighted by molar-refractivity contribution is 5.42. The molecule has 2 N–H and O–H groups in total. The van der Waals surface area contributed by atoms with Crippen LogP contribution in [0.3, 0.4) is 0 Å². The van der Waals surface area contributed by atoms with Crippen molar-refractivity contribution in [2.75, 3.05) is 18.9 Å². The normalized spacial score (nSPS) is 29.0. The number of fused-ring (bicyclic) bond motifs is 1. The van der Waals surface area contributed by atoms with Gasteiger partial charge in [-0.25, -0.2) is 4.98 Å². The van der Waals surface area contributed by atoms with Crippen LogP contribution in [0.15, 0.2) is 0 Å². The number of nitrogens with two attached hydrogens (primary N) is 1. The maximum Gasteiger partial charge on any atom is 0.127 e. The Bertz CT molecular complexity index is 407. The van der Waals surface area contributed by atoms with Crippen molar-refractivity contribution in [3.8, 4) is 0 Å². The van der Waals surface area contributed by atoms with Crippen molar-refractivity contribution in [3.63, 3.8) is 0 Å². The molecular weight excluding hydrogens is 214 g/mol. The van der Waals surface area contributed by atoms with E-state index in [1.807, 2.05) is 0 Å². The second-order valence-corrected chi connectivity index (χ2v) is 5.32. The number of aromatic nitrogens is 2. The van der Waals surface area contributed by atoms with Crippen molar-refractivity contribution in [2.45, 2.75) is 51.0 Å². The average Bonchev–Trinajstić information content (AvgIpc) is 2.69. The molecule has 0 spiro atoms. The van der Waals surface area contributed by atoms with E-state index < -0.39 is 0 Å². The van der Waals surface area contributed by atoms with Crippen LogP contribution in [-0.4, -0.2) is 22.8 Å². The van der Waals surface area contributed by atoms with Gasteiger partial charge in [-0.1, -0.05) is 0 Å². The van der Waals surface area contributed by atoms with Crippen LogP contribution >= 0.6 is 0 Å². The molecule has 3 heterocycles. The Morgan fingerprint density at radius 1 is 1.35 bits per heavy atom. The van der Waals surface area contributed by atoms with Crippen LogP contribution in [0.25, 0.3) is 0 Å². The second-order valence-electron chi connectivity index (χ2n) is 5.32. The highest BCUT2D eigenvalue weighted by Gasteiger charge is 2.27. The summed E-state index contributed by atoms with van der Waals surface area (Å²) in [5.74, 6) is 2.48. The molecule has 2 atom stereocenters. The predicted molar refractivity (Wildman–Crippen MR) is 67.1 cm³/mol. The molecule has 1 saturated heterocycles. The van der Waals surface area contributed by atoms with Crippen molar-refractivity contribution in [3.05, 3.63) is 11.5 Å². The Labute approximate surface area is 102 Å². The zero-order valence-electron chi connectivity index (χ0n) is 10.5. The molecule has 2 aliphatic rings. The van der Waals surface area contributed by atoms with Crippen LogP contribution in [0.1, 0.15) is 56.1 Å². The van der Waals surface area contributed by atoms with Gasteiger partial charge in [0.15, 0.2) is 0 Å². The number of nitrogens with zero attached hydrogens (tertiary/aromatic N) is 2. The Kier molecular flexibility index (Phi) is 2.82. The molecule has 0 aliphatic carbocycles. The molecule has 1 aromatic heterocycles. The van der Waals surface area contributed by atoms with Crippen LogP contribution in [0.4, 0.5) is 5.82 Å². The first-order valence-electron chi connectivity index (χ1n) is 6.71. The molecule has 4 heteroatoms.